The molecule has 0 aliphatic carbocycles. The maximum absolute atomic E-state index is 11.3. The van der Waals surface area contributed by atoms with E-state index in [4.69, 9.17) is 24.7 Å². The fourth-order valence-corrected chi connectivity index (χ4v) is 8.07. The highest BCUT2D eigenvalue weighted by atomic mass is 28.4. The van der Waals surface area contributed by atoms with E-state index in [1.54, 1.807) is 0 Å². The Hall–Kier alpha value is -0.726. The van der Waals surface area contributed by atoms with Crippen LogP contribution in [0.15, 0.2) is 23.8 Å². The Morgan fingerprint density at radius 3 is 2.22 bits per heavy atom. The summed E-state index contributed by atoms with van der Waals surface area (Å²) in [5, 5.41) is 11.6. The van der Waals surface area contributed by atoms with E-state index in [1.807, 2.05) is 0 Å². The Balaban J connectivity index is 2.17. The number of aliphatic hydroxyl groups is 1. The number of rotatable bonds is 13. The van der Waals surface area contributed by atoms with Gasteiger partial charge in [-0.05, 0) is 74.8 Å². The maximum Gasteiger partial charge on any atom is 0.192 e. The predicted molar refractivity (Wildman–Crippen MR) is 195 cm³/mol. The van der Waals surface area contributed by atoms with Crippen LogP contribution in [0.5, 0.6) is 0 Å². The van der Waals surface area contributed by atoms with Crippen LogP contribution in [0.2, 0.25) is 36.3 Å². The monoisotopic (exact) mass is 662 g/mol. The molecule has 7 atom stereocenters. The molecule has 2 aliphatic rings. The van der Waals surface area contributed by atoms with Gasteiger partial charge in [0.2, 0.25) is 0 Å². The van der Waals surface area contributed by atoms with Crippen molar-refractivity contribution in [1.82, 2.24) is 0 Å². The van der Waals surface area contributed by atoms with Crippen molar-refractivity contribution in [3.05, 3.63) is 23.8 Å². The van der Waals surface area contributed by atoms with Crippen LogP contribution in [0.4, 0.5) is 0 Å². The molecule has 0 saturated carbocycles. The summed E-state index contributed by atoms with van der Waals surface area (Å²) in [6.45, 7) is 32.6. The number of hydrogen-bond acceptors (Lipinski definition) is 5. The third-order valence-electron chi connectivity index (χ3n) is 11.4. The first-order valence-electron chi connectivity index (χ1n) is 17.7. The molecule has 45 heavy (non-hydrogen) atoms. The molecule has 2 saturated heterocycles. The number of allylic oxidation sites excluding steroid dienone is 2. The van der Waals surface area contributed by atoms with Crippen LogP contribution in [0.25, 0.3) is 0 Å². The second-order valence-electron chi connectivity index (χ2n) is 17.4. The molecule has 1 N–H and O–H groups in total. The van der Waals surface area contributed by atoms with Crippen molar-refractivity contribution >= 4 is 16.6 Å². The van der Waals surface area contributed by atoms with Crippen molar-refractivity contribution in [1.29, 1.82) is 0 Å². The van der Waals surface area contributed by atoms with E-state index < -0.39 is 34.1 Å². The molecule has 2 fully saturated rings. The summed E-state index contributed by atoms with van der Waals surface area (Å²) in [6, 6.07) is 0. The van der Waals surface area contributed by atoms with Crippen molar-refractivity contribution in [2.45, 2.75) is 187 Å². The number of terminal acetylenes is 1. The Morgan fingerprint density at radius 1 is 1.04 bits per heavy atom. The highest BCUT2D eigenvalue weighted by Gasteiger charge is 2.52. The molecule has 0 amide bonds. The van der Waals surface area contributed by atoms with E-state index in [9.17, 15) is 5.11 Å². The lowest BCUT2D eigenvalue weighted by atomic mass is 9.79. The average molecular weight is 663 g/mol. The van der Waals surface area contributed by atoms with Gasteiger partial charge in [-0.3, -0.25) is 0 Å². The number of hydrogen-bond donors (Lipinski definition) is 1. The summed E-state index contributed by atoms with van der Waals surface area (Å²) in [5.41, 5.74) is 0.238. The molecular weight excluding hydrogens is 593 g/mol. The van der Waals surface area contributed by atoms with E-state index in [1.165, 1.54) is 5.57 Å². The van der Waals surface area contributed by atoms with Crippen molar-refractivity contribution in [2.24, 2.45) is 11.8 Å². The maximum atomic E-state index is 11.3. The van der Waals surface area contributed by atoms with Crippen LogP contribution >= 0.6 is 0 Å². The lowest BCUT2D eigenvalue weighted by molar-refractivity contribution is -0.342. The van der Waals surface area contributed by atoms with Crippen LogP contribution in [-0.4, -0.2) is 58.0 Å². The van der Waals surface area contributed by atoms with Crippen LogP contribution in [0.1, 0.15) is 121 Å². The zero-order valence-corrected chi connectivity index (χ0v) is 33.6. The molecule has 0 aromatic carbocycles. The molecule has 0 aromatic heterocycles. The van der Waals surface area contributed by atoms with Gasteiger partial charge in [0, 0.05) is 25.4 Å². The molecule has 0 radical (unpaired) electrons. The second-order valence-corrected chi connectivity index (χ2v) is 27.0. The SMILES string of the molecule is C#C[C@@H]1O[C@@]2(CC[C@H](C)[C@@H](C/C=C(C)/C=C/[C@H](O[Si](C)(C)C(C)(C)C)[C@H](C)CO[Si](C)(C)C(C)(C)C)O2)CC[C@@]1(O)CCCC. The molecular formula is C38H70O5Si2. The van der Waals surface area contributed by atoms with E-state index in [2.05, 4.69) is 120 Å². The highest BCUT2D eigenvalue weighted by molar-refractivity contribution is 6.74. The fraction of sp³-hybridized carbons (Fsp3) is 0.842. The van der Waals surface area contributed by atoms with Gasteiger partial charge < -0.3 is 23.4 Å². The summed E-state index contributed by atoms with van der Waals surface area (Å²) in [6.07, 6.45) is 18.6. The van der Waals surface area contributed by atoms with Gasteiger partial charge >= 0.3 is 0 Å². The third kappa shape index (κ3) is 10.9. The molecule has 0 aromatic rings. The molecule has 2 heterocycles. The largest absolute Gasteiger partial charge is 0.416 e. The van der Waals surface area contributed by atoms with Crippen LogP contribution < -0.4 is 0 Å². The van der Waals surface area contributed by atoms with E-state index in [-0.39, 0.29) is 28.2 Å². The Labute approximate surface area is 280 Å². The van der Waals surface area contributed by atoms with Crippen molar-refractivity contribution in [2.75, 3.05) is 6.61 Å². The van der Waals surface area contributed by atoms with Crippen LogP contribution in [0, 0.1) is 24.2 Å². The van der Waals surface area contributed by atoms with Gasteiger partial charge in [0.25, 0.3) is 0 Å². The molecule has 7 heteroatoms. The van der Waals surface area contributed by atoms with E-state index in [0.29, 0.717) is 31.8 Å². The predicted octanol–water partition coefficient (Wildman–Crippen LogP) is 10.2. The van der Waals surface area contributed by atoms with Gasteiger partial charge in [0.1, 0.15) is 11.7 Å². The summed E-state index contributed by atoms with van der Waals surface area (Å²) < 4.78 is 26.8. The summed E-state index contributed by atoms with van der Waals surface area (Å²) >= 11 is 0. The summed E-state index contributed by atoms with van der Waals surface area (Å²) in [4.78, 5) is 0. The van der Waals surface area contributed by atoms with Gasteiger partial charge in [0.15, 0.2) is 22.4 Å². The third-order valence-corrected chi connectivity index (χ3v) is 20.4. The molecule has 5 nitrogen and oxygen atoms in total. The Kier molecular flexibility index (Phi) is 14.1. The molecule has 2 aliphatic heterocycles. The van der Waals surface area contributed by atoms with Crippen molar-refractivity contribution in [3.8, 4) is 12.3 Å². The first-order chi connectivity index (χ1) is 20.5. The minimum absolute atomic E-state index is 0.0186. The van der Waals surface area contributed by atoms with Crippen LogP contribution in [0.3, 0.4) is 0 Å². The molecule has 0 unspecified atom stereocenters. The second kappa shape index (κ2) is 15.7. The van der Waals surface area contributed by atoms with Gasteiger partial charge in [-0.1, -0.05) is 105 Å². The Morgan fingerprint density at radius 2 is 1.67 bits per heavy atom. The van der Waals surface area contributed by atoms with Crippen molar-refractivity contribution < 1.29 is 23.4 Å². The Bertz CT molecular complexity index is 1050. The van der Waals surface area contributed by atoms with Gasteiger partial charge in [-0.15, -0.1) is 6.42 Å². The summed E-state index contributed by atoms with van der Waals surface area (Å²) in [7, 11) is -3.86. The first-order valence-corrected chi connectivity index (χ1v) is 23.5. The first kappa shape index (κ1) is 40.4. The topological polar surface area (TPSA) is 57.2 Å². The normalized spacial score (nSPS) is 30.4. The zero-order chi connectivity index (χ0) is 34.5. The summed E-state index contributed by atoms with van der Waals surface area (Å²) in [5.74, 6) is 2.70. The highest BCUT2D eigenvalue weighted by Crippen LogP contribution is 2.46. The minimum atomic E-state index is -2.00. The van der Waals surface area contributed by atoms with E-state index in [0.717, 1.165) is 32.1 Å². The van der Waals surface area contributed by atoms with Gasteiger partial charge in [-0.25, -0.2) is 0 Å². The smallest absolute Gasteiger partial charge is 0.192 e. The average Bonchev–Trinajstić information content (AvgIpc) is 2.93. The van der Waals surface area contributed by atoms with Gasteiger partial charge in [0.05, 0.1) is 12.2 Å². The standard InChI is InChI=1S/C38H70O5Si2/c1-16-18-24-37(39)26-27-38(42-34(37)17-2)25-23-30(4)32(41-38)21-19-29(3)20-22-33(43-45(14,15)36(9,10)11)31(5)28-40-44(12,13)35(6,7)8/h2,19-20,22,30-34,39H,16,18,21,23-28H2,1,3-15H3/b22-20+,29-19+/t30-,31+,32+,33-,34-,37-,38-/m0/s1. The molecule has 1 spiro atoms. The van der Waals surface area contributed by atoms with Crippen LogP contribution in [-0.2, 0) is 18.3 Å². The zero-order valence-electron chi connectivity index (χ0n) is 31.6. The molecule has 0 bridgehead atoms. The van der Waals surface area contributed by atoms with Crippen molar-refractivity contribution in [3.63, 3.8) is 0 Å². The number of unbranched alkanes of at least 4 members (excludes halogenated alkanes) is 1. The molecule has 2 rings (SSSR count). The fourth-order valence-electron chi connectivity index (χ4n) is 5.61. The number of ether oxygens (including phenoxy) is 2. The lowest BCUT2D eigenvalue weighted by Crippen LogP contribution is -2.58. The quantitative estimate of drug-likeness (QED) is 0.121. The molecule has 260 valence electrons. The van der Waals surface area contributed by atoms with E-state index >= 15 is 0 Å². The lowest BCUT2D eigenvalue weighted by Gasteiger charge is -2.51. The minimum Gasteiger partial charge on any atom is -0.416 e. The van der Waals surface area contributed by atoms with Gasteiger partial charge in [-0.2, -0.15) is 0 Å².